The Kier molecular flexibility index (Phi) is 5.05. The van der Waals surface area contributed by atoms with Crippen LogP contribution in [0.4, 0.5) is 5.82 Å². The van der Waals surface area contributed by atoms with Crippen LogP contribution < -0.4 is 5.32 Å². The quantitative estimate of drug-likeness (QED) is 0.867. The molecule has 0 amide bonds. The fourth-order valence-corrected chi connectivity index (χ4v) is 1.69. The van der Waals surface area contributed by atoms with Crippen molar-refractivity contribution in [2.75, 3.05) is 11.9 Å². The monoisotopic (exact) mass is 272 g/mol. The molecule has 0 saturated carbocycles. The molecule has 1 rings (SSSR count). The molecule has 0 aromatic carbocycles. The van der Waals surface area contributed by atoms with Crippen molar-refractivity contribution in [3.8, 4) is 0 Å². The van der Waals surface area contributed by atoms with Crippen molar-refractivity contribution in [2.45, 2.75) is 32.8 Å². The lowest BCUT2D eigenvalue weighted by Crippen LogP contribution is -2.19. The molecule has 0 spiro atoms. The maximum Gasteiger partial charge on any atom is 0.140 e. The fraction of sp³-hybridized carbons (Fsp3) is 0.545. The van der Waals surface area contributed by atoms with E-state index in [4.69, 9.17) is 0 Å². The van der Waals surface area contributed by atoms with E-state index in [1.165, 1.54) is 0 Å². The Hall–Kier alpha value is -0.610. The third-order valence-electron chi connectivity index (χ3n) is 2.21. The molecule has 1 heterocycles. The summed E-state index contributed by atoms with van der Waals surface area (Å²) in [5.74, 6) is 0.796. The van der Waals surface area contributed by atoms with Gasteiger partial charge in [0.2, 0.25) is 0 Å². The highest BCUT2D eigenvalue weighted by Gasteiger charge is 2.06. The Morgan fingerprint density at radius 3 is 3.00 bits per heavy atom. The molecular formula is C11H17BrN2O. The van der Waals surface area contributed by atoms with E-state index in [2.05, 4.69) is 33.2 Å². The molecule has 0 fully saturated rings. The van der Waals surface area contributed by atoms with E-state index in [9.17, 15) is 5.11 Å². The first-order valence-corrected chi connectivity index (χ1v) is 5.97. The summed E-state index contributed by atoms with van der Waals surface area (Å²) >= 11 is 3.46. The van der Waals surface area contributed by atoms with Gasteiger partial charge >= 0.3 is 0 Å². The second kappa shape index (κ2) is 6.08. The molecule has 1 atom stereocenters. The highest BCUT2D eigenvalue weighted by Crippen LogP contribution is 2.23. The summed E-state index contributed by atoms with van der Waals surface area (Å²) in [6.45, 7) is 4.62. The average Bonchev–Trinajstić information content (AvgIpc) is 2.21. The van der Waals surface area contributed by atoms with Crippen molar-refractivity contribution in [2.24, 2.45) is 0 Å². The largest absolute Gasteiger partial charge is 0.391 e. The van der Waals surface area contributed by atoms with Gasteiger partial charge < -0.3 is 10.4 Å². The first kappa shape index (κ1) is 12.5. The van der Waals surface area contributed by atoms with Gasteiger partial charge in [-0.3, -0.25) is 0 Å². The lowest BCUT2D eigenvalue weighted by atomic mass is 10.2. The summed E-state index contributed by atoms with van der Waals surface area (Å²) in [6.07, 6.45) is 3.26. The smallest absolute Gasteiger partial charge is 0.140 e. The second-order valence-corrected chi connectivity index (χ2v) is 4.41. The van der Waals surface area contributed by atoms with Gasteiger partial charge in [-0.1, -0.05) is 13.3 Å². The number of nitrogens with one attached hydrogen (secondary N) is 1. The number of aromatic nitrogens is 1. The zero-order chi connectivity index (χ0) is 11.3. The molecule has 15 heavy (non-hydrogen) atoms. The molecule has 3 nitrogen and oxygen atoms in total. The third kappa shape index (κ3) is 3.80. The van der Waals surface area contributed by atoms with Crippen molar-refractivity contribution in [1.29, 1.82) is 0 Å². The minimum absolute atomic E-state index is 0.302. The summed E-state index contributed by atoms with van der Waals surface area (Å²) in [6, 6.07) is 1.94. The SMILES string of the molecule is CCCC(O)CNc1nccc(C)c1Br. The lowest BCUT2D eigenvalue weighted by Gasteiger charge is -2.12. The zero-order valence-electron chi connectivity index (χ0n) is 9.13. The van der Waals surface area contributed by atoms with Crippen molar-refractivity contribution < 1.29 is 5.11 Å². The maximum atomic E-state index is 9.57. The maximum absolute atomic E-state index is 9.57. The van der Waals surface area contributed by atoms with Gasteiger partial charge in [-0.25, -0.2) is 4.98 Å². The molecule has 1 aromatic rings. The van der Waals surface area contributed by atoms with E-state index in [1.807, 2.05) is 13.0 Å². The molecular weight excluding hydrogens is 256 g/mol. The Morgan fingerprint density at radius 2 is 2.33 bits per heavy atom. The van der Waals surface area contributed by atoms with Crippen LogP contribution in [0.1, 0.15) is 25.3 Å². The Morgan fingerprint density at radius 1 is 1.60 bits per heavy atom. The molecule has 0 bridgehead atoms. The van der Waals surface area contributed by atoms with Crippen LogP contribution in [0.5, 0.6) is 0 Å². The number of anilines is 1. The molecule has 2 N–H and O–H groups in total. The predicted octanol–water partition coefficient (Wildman–Crippen LogP) is 2.73. The molecule has 1 aromatic heterocycles. The number of rotatable bonds is 5. The van der Waals surface area contributed by atoms with Crippen LogP contribution in [0.2, 0.25) is 0 Å². The lowest BCUT2D eigenvalue weighted by molar-refractivity contribution is 0.176. The van der Waals surface area contributed by atoms with Crippen molar-refractivity contribution in [1.82, 2.24) is 4.98 Å². The fourth-order valence-electron chi connectivity index (χ4n) is 1.31. The van der Waals surface area contributed by atoms with Gasteiger partial charge in [0.25, 0.3) is 0 Å². The highest BCUT2D eigenvalue weighted by atomic mass is 79.9. The number of hydrogen-bond donors (Lipinski definition) is 2. The van der Waals surface area contributed by atoms with Crippen LogP contribution in [0.3, 0.4) is 0 Å². The second-order valence-electron chi connectivity index (χ2n) is 3.61. The van der Waals surface area contributed by atoms with Crippen molar-refractivity contribution in [3.05, 3.63) is 22.3 Å². The molecule has 0 aliphatic heterocycles. The molecule has 0 saturated heterocycles. The standard InChI is InChI=1S/C11H17BrN2O/c1-3-4-9(15)7-14-11-10(12)8(2)5-6-13-11/h5-6,9,15H,3-4,7H2,1-2H3,(H,13,14). The van der Waals surface area contributed by atoms with E-state index in [1.54, 1.807) is 6.20 Å². The van der Waals surface area contributed by atoms with E-state index in [0.29, 0.717) is 6.54 Å². The summed E-state index contributed by atoms with van der Waals surface area (Å²) in [7, 11) is 0. The number of halogens is 1. The molecule has 1 unspecified atom stereocenters. The van der Waals surface area contributed by atoms with E-state index in [-0.39, 0.29) is 6.10 Å². The van der Waals surface area contributed by atoms with Crippen LogP contribution in [0.15, 0.2) is 16.7 Å². The number of aryl methyl sites for hydroxylation is 1. The summed E-state index contributed by atoms with van der Waals surface area (Å²) < 4.78 is 0.966. The predicted molar refractivity (Wildman–Crippen MR) is 66.1 cm³/mol. The number of hydrogen-bond acceptors (Lipinski definition) is 3. The van der Waals surface area contributed by atoms with Crippen LogP contribution in [0, 0.1) is 6.92 Å². The molecule has 4 heteroatoms. The van der Waals surface area contributed by atoms with Gasteiger partial charge in [0.05, 0.1) is 10.6 Å². The van der Waals surface area contributed by atoms with E-state index < -0.39 is 0 Å². The van der Waals surface area contributed by atoms with Gasteiger partial charge in [-0.05, 0) is 40.9 Å². The topological polar surface area (TPSA) is 45.1 Å². The van der Waals surface area contributed by atoms with Gasteiger partial charge in [0, 0.05) is 12.7 Å². The van der Waals surface area contributed by atoms with Crippen LogP contribution in [-0.4, -0.2) is 22.7 Å². The van der Waals surface area contributed by atoms with E-state index in [0.717, 1.165) is 28.7 Å². The normalized spacial score (nSPS) is 12.5. The number of aliphatic hydroxyl groups is 1. The number of nitrogens with zero attached hydrogens (tertiary/aromatic N) is 1. The Labute approximate surface area is 99.1 Å². The molecule has 84 valence electrons. The van der Waals surface area contributed by atoms with Crippen molar-refractivity contribution >= 4 is 21.7 Å². The Bertz CT molecular complexity index is 317. The van der Waals surface area contributed by atoms with Crippen LogP contribution >= 0.6 is 15.9 Å². The van der Waals surface area contributed by atoms with Gasteiger partial charge in [0.15, 0.2) is 0 Å². The Balaban J connectivity index is 2.54. The molecule has 0 radical (unpaired) electrons. The first-order valence-electron chi connectivity index (χ1n) is 5.18. The molecule has 0 aliphatic carbocycles. The van der Waals surface area contributed by atoms with Crippen LogP contribution in [-0.2, 0) is 0 Å². The van der Waals surface area contributed by atoms with Gasteiger partial charge in [-0.15, -0.1) is 0 Å². The zero-order valence-corrected chi connectivity index (χ0v) is 10.7. The minimum atomic E-state index is -0.302. The number of pyridine rings is 1. The summed E-state index contributed by atoms with van der Waals surface area (Å²) in [5.41, 5.74) is 1.14. The van der Waals surface area contributed by atoms with E-state index >= 15 is 0 Å². The summed E-state index contributed by atoms with van der Waals surface area (Å²) in [4.78, 5) is 4.20. The van der Waals surface area contributed by atoms with Gasteiger partial charge in [-0.2, -0.15) is 0 Å². The van der Waals surface area contributed by atoms with Gasteiger partial charge in [0.1, 0.15) is 5.82 Å². The number of aliphatic hydroxyl groups excluding tert-OH is 1. The first-order chi connectivity index (χ1) is 7.15. The third-order valence-corrected chi connectivity index (χ3v) is 3.21. The highest BCUT2D eigenvalue weighted by molar-refractivity contribution is 9.10. The van der Waals surface area contributed by atoms with Crippen molar-refractivity contribution in [3.63, 3.8) is 0 Å². The minimum Gasteiger partial charge on any atom is -0.391 e. The van der Waals surface area contributed by atoms with Crippen LogP contribution in [0.25, 0.3) is 0 Å². The average molecular weight is 273 g/mol. The molecule has 0 aliphatic rings. The summed E-state index contributed by atoms with van der Waals surface area (Å²) in [5, 5.41) is 12.7.